The van der Waals surface area contributed by atoms with Gasteiger partial charge in [0.05, 0.1) is 14.2 Å². The fraction of sp³-hybridized carbons (Fsp3) is 0.385. The number of amides is 1. The number of rotatable bonds is 5. The molecule has 1 fully saturated rings. The predicted molar refractivity (Wildman–Crippen MR) is 65.5 cm³/mol. The predicted octanol–water partition coefficient (Wildman–Crippen LogP) is 0.252. The molecular formula is C13H15NO5. The van der Waals surface area contributed by atoms with E-state index in [2.05, 4.69) is 10.1 Å². The first-order valence-electron chi connectivity index (χ1n) is 5.79. The molecule has 2 atom stereocenters. The second-order valence-corrected chi connectivity index (χ2v) is 4.07. The Kier molecular flexibility index (Phi) is 4.01. The highest BCUT2D eigenvalue weighted by Crippen LogP contribution is 2.23. The molecule has 1 N–H and O–H groups in total. The molecule has 0 aromatic heterocycles. The molecule has 1 heterocycles. The lowest BCUT2D eigenvalue weighted by molar-refractivity contribution is -0.142. The molecule has 0 radical (unpaired) electrons. The summed E-state index contributed by atoms with van der Waals surface area (Å²) < 4.78 is 14.5. The summed E-state index contributed by atoms with van der Waals surface area (Å²) in [7, 11) is 2.85. The van der Waals surface area contributed by atoms with Gasteiger partial charge < -0.3 is 19.5 Å². The van der Waals surface area contributed by atoms with Gasteiger partial charge in [-0.05, 0) is 17.7 Å². The van der Waals surface area contributed by atoms with Crippen LogP contribution in [-0.2, 0) is 25.6 Å². The zero-order chi connectivity index (χ0) is 13.8. The third-order valence-electron chi connectivity index (χ3n) is 2.81. The van der Waals surface area contributed by atoms with E-state index in [0.717, 1.165) is 11.3 Å². The Bertz CT molecular complexity index is 470. The van der Waals surface area contributed by atoms with Gasteiger partial charge in [-0.2, -0.15) is 0 Å². The number of hydrogen-bond donors (Lipinski definition) is 1. The molecule has 1 amide bonds. The van der Waals surface area contributed by atoms with E-state index in [0.29, 0.717) is 6.54 Å². The second kappa shape index (κ2) is 5.71. The molecule has 19 heavy (non-hydrogen) atoms. The minimum absolute atomic E-state index is 0.314. The van der Waals surface area contributed by atoms with Crippen LogP contribution in [0.2, 0.25) is 0 Å². The molecule has 0 bridgehead atoms. The summed E-state index contributed by atoms with van der Waals surface area (Å²) in [6.07, 6.45) is -1.49. The molecule has 102 valence electrons. The van der Waals surface area contributed by atoms with Gasteiger partial charge in [-0.25, -0.2) is 4.79 Å². The zero-order valence-corrected chi connectivity index (χ0v) is 10.7. The van der Waals surface area contributed by atoms with Gasteiger partial charge in [0.2, 0.25) is 0 Å². The Morgan fingerprint density at radius 2 is 1.89 bits per heavy atom. The minimum atomic E-state index is -0.763. The molecule has 0 saturated carbocycles. The van der Waals surface area contributed by atoms with E-state index < -0.39 is 18.2 Å². The number of benzene rings is 1. The van der Waals surface area contributed by atoms with Crippen LogP contribution in [0.5, 0.6) is 5.75 Å². The van der Waals surface area contributed by atoms with Crippen LogP contribution in [0, 0.1) is 0 Å². The Labute approximate surface area is 110 Å². The summed E-state index contributed by atoms with van der Waals surface area (Å²) in [6, 6.07) is 7.33. The monoisotopic (exact) mass is 265 g/mol. The Morgan fingerprint density at radius 1 is 1.21 bits per heavy atom. The summed E-state index contributed by atoms with van der Waals surface area (Å²) in [4.78, 5) is 22.8. The smallest absolute Gasteiger partial charge is 0.338 e. The summed E-state index contributed by atoms with van der Waals surface area (Å²) in [5.74, 6) is -0.0813. The van der Waals surface area contributed by atoms with Crippen molar-refractivity contribution in [3.63, 3.8) is 0 Å². The molecular weight excluding hydrogens is 250 g/mol. The topological polar surface area (TPSA) is 77.2 Å². The van der Waals surface area contributed by atoms with Crippen molar-refractivity contribution in [1.82, 2.24) is 5.32 Å². The van der Waals surface area contributed by atoms with Crippen molar-refractivity contribution in [2.45, 2.75) is 18.8 Å². The van der Waals surface area contributed by atoms with Crippen LogP contribution >= 0.6 is 0 Å². The largest absolute Gasteiger partial charge is 0.497 e. The van der Waals surface area contributed by atoms with E-state index in [1.165, 1.54) is 7.11 Å². The molecule has 2 rings (SSSR count). The molecule has 6 nitrogen and oxygen atoms in total. The standard InChI is InChI=1S/C13H15NO5/c1-17-9-5-3-8(4-6-9)7-14-12(15)10-11(19-10)13(16)18-2/h3-6,10-11H,7H2,1-2H3,(H,14,15)/t10-,11+/m1/s1. The van der Waals surface area contributed by atoms with Crippen molar-refractivity contribution < 1.29 is 23.8 Å². The first-order valence-corrected chi connectivity index (χ1v) is 5.79. The fourth-order valence-corrected chi connectivity index (χ4v) is 1.64. The lowest BCUT2D eigenvalue weighted by Gasteiger charge is -2.04. The lowest BCUT2D eigenvalue weighted by Crippen LogP contribution is -2.30. The van der Waals surface area contributed by atoms with Crippen LogP contribution < -0.4 is 10.1 Å². The summed E-state index contributed by atoms with van der Waals surface area (Å²) >= 11 is 0. The van der Waals surface area contributed by atoms with Gasteiger partial charge in [-0.15, -0.1) is 0 Å². The number of carbonyl (C=O) groups is 2. The van der Waals surface area contributed by atoms with Crippen LogP contribution in [0.3, 0.4) is 0 Å². The average molecular weight is 265 g/mol. The van der Waals surface area contributed by atoms with Crippen LogP contribution in [0.15, 0.2) is 24.3 Å². The highest BCUT2D eigenvalue weighted by atomic mass is 16.6. The van der Waals surface area contributed by atoms with Crippen molar-refractivity contribution in [1.29, 1.82) is 0 Å². The summed E-state index contributed by atoms with van der Waals surface area (Å²) in [5, 5.41) is 2.69. The van der Waals surface area contributed by atoms with Crippen molar-refractivity contribution in [3.8, 4) is 5.75 Å². The van der Waals surface area contributed by atoms with Gasteiger partial charge in [0.25, 0.3) is 5.91 Å². The highest BCUT2D eigenvalue weighted by Gasteiger charge is 2.51. The molecule has 6 heteroatoms. The third kappa shape index (κ3) is 3.23. The van der Waals surface area contributed by atoms with Crippen LogP contribution in [0.1, 0.15) is 5.56 Å². The number of hydrogen-bond acceptors (Lipinski definition) is 5. The Hall–Kier alpha value is -2.08. The molecule has 0 unspecified atom stereocenters. The molecule has 1 aromatic carbocycles. The van der Waals surface area contributed by atoms with Gasteiger partial charge in [0.1, 0.15) is 5.75 Å². The van der Waals surface area contributed by atoms with E-state index in [1.807, 2.05) is 24.3 Å². The maximum Gasteiger partial charge on any atom is 0.338 e. The minimum Gasteiger partial charge on any atom is -0.497 e. The summed E-state index contributed by atoms with van der Waals surface area (Å²) in [5.41, 5.74) is 0.935. The highest BCUT2D eigenvalue weighted by molar-refractivity contribution is 5.92. The van der Waals surface area contributed by atoms with Crippen LogP contribution in [-0.4, -0.2) is 38.3 Å². The molecule has 1 aliphatic rings. The van der Waals surface area contributed by atoms with Gasteiger partial charge in [-0.3, -0.25) is 4.79 Å². The Morgan fingerprint density at radius 3 is 2.47 bits per heavy atom. The Balaban J connectivity index is 1.79. The van der Waals surface area contributed by atoms with E-state index in [9.17, 15) is 9.59 Å². The number of nitrogens with one attached hydrogen (secondary N) is 1. The summed E-state index contributed by atoms with van der Waals surface area (Å²) in [6.45, 7) is 0.372. The number of carbonyl (C=O) groups excluding carboxylic acids is 2. The van der Waals surface area contributed by atoms with E-state index in [1.54, 1.807) is 7.11 Å². The van der Waals surface area contributed by atoms with E-state index >= 15 is 0 Å². The normalized spacial score (nSPS) is 20.5. The number of epoxide rings is 1. The number of ether oxygens (including phenoxy) is 3. The van der Waals surface area contributed by atoms with E-state index in [-0.39, 0.29) is 5.91 Å². The van der Waals surface area contributed by atoms with Crippen LogP contribution in [0.4, 0.5) is 0 Å². The van der Waals surface area contributed by atoms with Crippen molar-refractivity contribution in [2.24, 2.45) is 0 Å². The van der Waals surface area contributed by atoms with Gasteiger partial charge >= 0.3 is 5.97 Å². The molecule has 1 saturated heterocycles. The molecule has 1 aromatic rings. The first kappa shape index (κ1) is 13.4. The average Bonchev–Trinajstić information content (AvgIpc) is 3.25. The quantitative estimate of drug-likeness (QED) is 0.610. The molecule has 0 aliphatic carbocycles. The SMILES string of the molecule is COC(=O)[C@H]1O[C@H]1C(=O)NCc1ccc(OC)cc1. The van der Waals surface area contributed by atoms with E-state index in [4.69, 9.17) is 9.47 Å². The lowest BCUT2D eigenvalue weighted by atomic mass is 10.2. The maximum absolute atomic E-state index is 11.7. The number of methoxy groups -OCH3 is 2. The van der Waals surface area contributed by atoms with Crippen molar-refractivity contribution >= 4 is 11.9 Å². The second-order valence-electron chi connectivity index (χ2n) is 4.07. The van der Waals surface area contributed by atoms with Crippen molar-refractivity contribution in [3.05, 3.63) is 29.8 Å². The fourth-order valence-electron chi connectivity index (χ4n) is 1.64. The van der Waals surface area contributed by atoms with Gasteiger partial charge in [0.15, 0.2) is 12.2 Å². The maximum atomic E-state index is 11.7. The van der Waals surface area contributed by atoms with Gasteiger partial charge in [0, 0.05) is 6.54 Å². The van der Waals surface area contributed by atoms with Crippen LogP contribution in [0.25, 0.3) is 0 Å². The first-order chi connectivity index (χ1) is 9.15. The molecule has 0 spiro atoms. The zero-order valence-electron chi connectivity index (χ0n) is 10.7. The van der Waals surface area contributed by atoms with Gasteiger partial charge in [-0.1, -0.05) is 12.1 Å². The molecule has 1 aliphatic heterocycles. The number of esters is 1. The van der Waals surface area contributed by atoms with Crippen molar-refractivity contribution in [2.75, 3.05) is 14.2 Å². The third-order valence-corrected chi connectivity index (χ3v) is 2.81.